The smallest absolute Gasteiger partial charge is 0.348 e. The first kappa shape index (κ1) is 12.5. The Morgan fingerprint density at radius 2 is 2.05 bits per heavy atom. The van der Waals surface area contributed by atoms with Gasteiger partial charge in [0.05, 0.1) is 12.7 Å². The first-order chi connectivity index (χ1) is 9.60. The molecule has 2 aromatic heterocycles. The zero-order valence-corrected chi connectivity index (χ0v) is 11.1. The van der Waals surface area contributed by atoms with Crippen LogP contribution < -0.4 is 10.4 Å². The average molecular weight is 292 g/mol. The number of aromatic amines is 2. The summed E-state index contributed by atoms with van der Waals surface area (Å²) in [6.45, 7) is 0. The number of methoxy groups -OCH3 is 1. The minimum absolute atomic E-state index is 0.0695. The maximum Gasteiger partial charge on any atom is 0.348 e. The number of rotatable bonds is 2. The third kappa shape index (κ3) is 1.90. The van der Waals surface area contributed by atoms with E-state index in [1.165, 1.54) is 23.8 Å². The molecule has 3 rings (SSSR count). The van der Waals surface area contributed by atoms with E-state index in [9.17, 15) is 9.18 Å². The van der Waals surface area contributed by atoms with Crippen LogP contribution >= 0.6 is 12.2 Å². The molecule has 3 aromatic rings. The molecule has 20 heavy (non-hydrogen) atoms. The van der Waals surface area contributed by atoms with Gasteiger partial charge in [0.15, 0.2) is 5.65 Å². The summed E-state index contributed by atoms with van der Waals surface area (Å²) in [5.41, 5.74) is 1.08. The first-order valence-corrected chi connectivity index (χ1v) is 6.06. The van der Waals surface area contributed by atoms with Crippen molar-refractivity contribution in [3.8, 4) is 17.0 Å². The zero-order chi connectivity index (χ0) is 14.3. The van der Waals surface area contributed by atoms with Gasteiger partial charge in [-0.15, -0.1) is 0 Å². The molecule has 0 fully saturated rings. The Morgan fingerprint density at radius 3 is 2.70 bits per heavy atom. The molecule has 1 aromatic carbocycles. The van der Waals surface area contributed by atoms with Crippen LogP contribution in [0.2, 0.25) is 0 Å². The summed E-state index contributed by atoms with van der Waals surface area (Å²) in [6.07, 6.45) is 0. The van der Waals surface area contributed by atoms with Crippen LogP contribution in [0, 0.1) is 10.6 Å². The summed E-state index contributed by atoms with van der Waals surface area (Å²) in [4.78, 5) is 18.3. The van der Waals surface area contributed by atoms with Gasteiger partial charge in [-0.2, -0.15) is 9.50 Å². The van der Waals surface area contributed by atoms with Crippen LogP contribution in [-0.2, 0) is 0 Å². The molecule has 0 aliphatic rings. The molecule has 0 amide bonds. The molecule has 0 radical (unpaired) electrons. The SMILES string of the molecule is COc1[nH]n2c(=O)[nH]c(=S)nc2c1-c1ccc(F)cc1. The lowest BCUT2D eigenvalue weighted by molar-refractivity contribution is 0.396. The molecule has 0 aliphatic heterocycles. The normalized spacial score (nSPS) is 10.9. The van der Waals surface area contributed by atoms with Crippen LogP contribution in [0.5, 0.6) is 5.88 Å². The molecule has 0 atom stereocenters. The standard InChI is InChI=1S/C12H9FN4O2S/c1-19-10-8(6-2-4-7(13)5-3-6)9-14-11(20)15-12(18)17(9)16-10/h2-5,16H,1H3,(H,15,18,20). The lowest BCUT2D eigenvalue weighted by Gasteiger charge is -2.01. The molecule has 0 unspecified atom stereocenters. The van der Waals surface area contributed by atoms with Crippen molar-refractivity contribution in [1.82, 2.24) is 19.6 Å². The van der Waals surface area contributed by atoms with Crippen LogP contribution in [0.3, 0.4) is 0 Å². The number of benzene rings is 1. The summed E-state index contributed by atoms with van der Waals surface area (Å²) < 4.78 is 19.5. The minimum Gasteiger partial charge on any atom is -0.481 e. The molecule has 0 aliphatic carbocycles. The Labute approximate surface area is 116 Å². The Hall–Kier alpha value is -2.48. The molecule has 2 heterocycles. The van der Waals surface area contributed by atoms with Crippen molar-refractivity contribution in [2.24, 2.45) is 0 Å². The molecule has 2 N–H and O–H groups in total. The predicted octanol–water partition coefficient (Wildman–Crippen LogP) is 1.89. The highest BCUT2D eigenvalue weighted by Crippen LogP contribution is 2.31. The molecular formula is C12H9FN4O2S. The summed E-state index contributed by atoms with van der Waals surface area (Å²) in [5, 5.41) is 2.77. The van der Waals surface area contributed by atoms with Gasteiger partial charge in [-0.05, 0) is 29.9 Å². The molecular weight excluding hydrogens is 283 g/mol. The van der Waals surface area contributed by atoms with Gasteiger partial charge in [0.25, 0.3) is 0 Å². The number of aromatic nitrogens is 4. The number of nitrogens with one attached hydrogen (secondary N) is 2. The van der Waals surface area contributed by atoms with Gasteiger partial charge in [-0.25, -0.2) is 9.18 Å². The molecule has 6 nitrogen and oxygen atoms in total. The van der Waals surface area contributed by atoms with E-state index in [1.54, 1.807) is 12.1 Å². The number of H-pyrrole nitrogens is 2. The molecule has 8 heteroatoms. The molecule has 0 saturated heterocycles. The van der Waals surface area contributed by atoms with Crippen molar-refractivity contribution in [3.63, 3.8) is 0 Å². The third-order valence-electron chi connectivity index (χ3n) is 2.84. The fourth-order valence-corrected chi connectivity index (χ4v) is 2.15. The number of ether oxygens (including phenoxy) is 1. The quantitative estimate of drug-likeness (QED) is 0.707. The lowest BCUT2D eigenvalue weighted by atomic mass is 10.1. The Balaban J connectivity index is 2.41. The highest BCUT2D eigenvalue weighted by atomic mass is 32.1. The van der Waals surface area contributed by atoms with Crippen molar-refractivity contribution < 1.29 is 9.13 Å². The fourth-order valence-electron chi connectivity index (χ4n) is 1.97. The van der Waals surface area contributed by atoms with E-state index < -0.39 is 5.69 Å². The largest absolute Gasteiger partial charge is 0.481 e. The van der Waals surface area contributed by atoms with E-state index >= 15 is 0 Å². The van der Waals surface area contributed by atoms with Crippen LogP contribution in [-0.4, -0.2) is 26.7 Å². The van der Waals surface area contributed by atoms with Crippen molar-refractivity contribution in [1.29, 1.82) is 0 Å². The Kier molecular flexibility index (Phi) is 2.87. The lowest BCUT2D eigenvalue weighted by Crippen LogP contribution is -2.18. The van der Waals surface area contributed by atoms with E-state index in [4.69, 9.17) is 17.0 Å². The highest BCUT2D eigenvalue weighted by Gasteiger charge is 2.17. The van der Waals surface area contributed by atoms with Crippen molar-refractivity contribution >= 4 is 17.9 Å². The number of hydrogen-bond acceptors (Lipinski definition) is 4. The topological polar surface area (TPSA) is 75.2 Å². The summed E-state index contributed by atoms with van der Waals surface area (Å²) in [6, 6.07) is 5.79. The van der Waals surface area contributed by atoms with E-state index in [-0.39, 0.29) is 10.6 Å². The van der Waals surface area contributed by atoms with Gasteiger partial charge in [0, 0.05) is 0 Å². The number of halogens is 1. The van der Waals surface area contributed by atoms with Gasteiger partial charge in [0.2, 0.25) is 10.7 Å². The van der Waals surface area contributed by atoms with Crippen LogP contribution in [0.1, 0.15) is 0 Å². The second-order valence-electron chi connectivity index (χ2n) is 4.03. The van der Waals surface area contributed by atoms with Gasteiger partial charge in [-0.3, -0.25) is 10.1 Å². The second-order valence-corrected chi connectivity index (χ2v) is 4.42. The molecule has 102 valence electrons. The molecule has 0 saturated carbocycles. The van der Waals surface area contributed by atoms with Gasteiger partial charge < -0.3 is 4.74 Å². The van der Waals surface area contributed by atoms with Crippen LogP contribution in [0.15, 0.2) is 29.1 Å². The number of nitrogens with zero attached hydrogens (tertiary/aromatic N) is 2. The summed E-state index contributed by atoms with van der Waals surface area (Å²) >= 11 is 4.91. The number of fused-ring (bicyclic) bond motifs is 1. The monoisotopic (exact) mass is 292 g/mol. The summed E-state index contributed by atoms with van der Waals surface area (Å²) in [7, 11) is 1.46. The molecule has 0 spiro atoms. The predicted molar refractivity (Wildman–Crippen MR) is 72.9 cm³/mol. The van der Waals surface area contributed by atoms with Crippen molar-refractivity contribution in [2.45, 2.75) is 0 Å². The zero-order valence-electron chi connectivity index (χ0n) is 10.3. The molecule has 0 bridgehead atoms. The first-order valence-electron chi connectivity index (χ1n) is 5.65. The van der Waals surface area contributed by atoms with Crippen molar-refractivity contribution in [2.75, 3.05) is 7.11 Å². The Morgan fingerprint density at radius 1 is 1.35 bits per heavy atom. The van der Waals surface area contributed by atoms with Gasteiger partial charge >= 0.3 is 5.69 Å². The number of hydrogen-bond donors (Lipinski definition) is 2. The van der Waals surface area contributed by atoms with Crippen LogP contribution in [0.25, 0.3) is 16.8 Å². The third-order valence-corrected chi connectivity index (χ3v) is 3.03. The van der Waals surface area contributed by atoms with Crippen molar-refractivity contribution in [3.05, 3.63) is 45.3 Å². The van der Waals surface area contributed by atoms with Gasteiger partial charge in [0.1, 0.15) is 5.82 Å². The van der Waals surface area contributed by atoms with E-state index in [1.807, 2.05) is 0 Å². The van der Waals surface area contributed by atoms with Crippen LogP contribution in [0.4, 0.5) is 4.39 Å². The van der Waals surface area contributed by atoms with E-state index in [0.29, 0.717) is 22.7 Å². The van der Waals surface area contributed by atoms with E-state index in [2.05, 4.69) is 15.1 Å². The van der Waals surface area contributed by atoms with Gasteiger partial charge in [-0.1, -0.05) is 12.1 Å². The van der Waals surface area contributed by atoms with E-state index in [0.717, 1.165) is 0 Å². The Bertz CT molecular complexity index is 894. The maximum atomic E-state index is 13.0. The average Bonchev–Trinajstić information content (AvgIpc) is 2.78. The highest BCUT2D eigenvalue weighted by molar-refractivity contribution is 7.71. The summed E-state index contributed by atoms with van der Waals surface area (Å²) in [5.74, 6) is -0.00909. The fraction of sp³-hybridized carbons (Fsp3) is 0.0833. The second kappa shape index (κ2) is 4.57. The maximum absolute atomic E-state index is 13.0. The minimum atomic E-state index is -0.452.